The van der Waals surface area contributed by atoms with Gasteiger partial charge in [-0.1, -0.05) is 74.4 Å². The number of amides is 1. The van der Waals surface area contributed by atoms with Gasteiger partial charge < -0.3 is 24.7 Å². The Morgan fingerprint density at radius 3 is 2.22 bits per heavy atom. The molecule has 0 spiro atoms. The molecule has 5 heterocycles. The van der Waals surface area contributed by atoms with Gasteiger partial charge in [0, 0.05) is 44.1 Å². The summed E-state index contributed by atoms with van der Waals surface area (Å²) < 4.78 is 111. The van der Waals surface area contributed by atoms with Crippen molar-refractivity contribution in [1.82, 2.24) is 24.7 Å². The van der Waals surface area contributed by atoms with Crippen molar-refractivity contribution in [2.45, 2.75) is 56.3 Å². The Kier molecular flexibility index (Phi) is 12.3. The molecule has 0 saturated carbocycles. The van der Waals surface area contributed by atoms with Gasteiger partial charge in [0.2, 0.25) is 0 Å². The third kappa shape index (κ3) is 11.5. The molecule has 0 atom stereocenters. The van der Waals surface area contributed by atoms with E-state index in [0.29, 0.717) is 76.9 Å². The fraction of sp³-hybridized carbons (Fsp3) is 0.256. The number of hydrogen-bond acceptors (Lipinski definition) is 8. The molecule has 20 heteroatoms. The number of nitrogens with one attached hydrogen (secondary N) is 2. The zero-order valence-corrected chi connectivity index (χ0v) is 35.0. The van der Waals surface area contributed by atoms with Crippen LogP contribution in [-0.2, 0) is 19.4 Å². The second-order valence-corrected chi connectivity index (χ2v) is 17.6. The van der Waals surface area contributed by atoms with E-state index in [1.807, 2.05) is 19.1 Å². The minimum atomic E-state index is -9.61. The van der Waals surface area contributed by atoms with Gasteiger partial charge in [-0.3, -0.25) is 9.20 Å². The molecule has 334 valence electrons. The molecule has 1 saturated heterocycles. The number of piperidine rings is 1. The van der Waals surface area contributed by atoms with E-state index >= 15 is 0 Å². The molecule has 7 aromatic rings. The second-order valence-electron chi connectivity index (χ2n) is 14.7. The zero-order chi connectivity index (χ0) is 45.1. The summed E-state index contributed by atoms with van der Waals surface area (Å²) in [7, 11) is -9.61. The SMILES string of the molecule is CCc1nc2ccc(Cl)cn2c1C(=O)NCc1ccc(N2CCC(c3ccc(OC(F)(F)F)cc3)CC2)cc1.FS(F)(F)(F)(F)c1ccc(CCNc2ncnc3ccoc23)cc1. The number of alkyl halides is 3. The lowest BCUT2D eigenvalue weighted by Crippen LogP contribution is -2.32. The summed E-state index contributed by atoms with van der Waals surface area (Å²) in [6.45, 7) is 4.37. The Balaban J connectivity index is 0.000000212. The van der Waals surface area contributed by atoms with Crippen LogP contribution in [0.1, 0.15) is 58.6 Å². The number of pyridine rings is 1. The number of aryl methyl sites for hydroxylation is 1. The molecule has 1 amide bonds. The maximum Gasteiger partial charge on any atom is 0.573 e. The number of fused-ring (bicyclic) bond motifs is 2. The number of halogens is 9. The van der Waals surface area contributed by atoms with E-state index in [0.717, 1.165) is 60.6 Å². The quantitative estimate of drug-likeness (QED) is 0.117. The van der Waals surface area contributed by atoms with Crippen LogP contribution in [0.3, 0.4) is 0 Å². The number of rotatable bonds is 12. The average Bonchev–Trinajstić information content (AvgIpc) is 3.88. The van der Waals surface area contributed by atoms with Crippen LogP contribution < -0.4 is 20.3 Å². The standard InChI is InChI=1S/C29H28ClF3N4O2.C14H12F5N3OS/c1-2-25-27(37-18-22(30)7-12-26(37)35-25)28(38)34-17-19-3-8-23(9-4-19)36-15-13-21(14-16-36)20-5-10-24(11-6-20)39-29(31,32)33;15-24(16,17,18,19)11-3-1-10(2-4-11)5-7-20-14-13-12(6-8-23-13)21-9-22-14/h3-12,18,21H,2,13-17H2,1H3,(H,34,38);1-4,6,8-9H,5,7H2,(H,20,21,22). The summed E-state index contributed by atoms with van der Waals surface area (Å²) in [5.41, 5.74) is 6.57. The molecule has 4 aromatic heterocycles. The number of anilines is 2. The highest BCUT2D eigenvalue weighted by molar-refractivity contribution is 8.45. The Morgan fingerprint density at radius 2 is 1.57 bits per heavy atom. The van der Waals surface area contributed by atoms with Crippen molar-refractivity contribution in [3.8, 4) is 5.75 Å². The van der Waals surface area contributed by atoms with Gasteiger partial charge in [0.25, 0.3) is 5.91 Å². The molecule has 1 fully saturated rings. The molecule has 0 aliphatic carbocycles. The van der Waals surface area contributed by atoms with E-state index in [9.17, 15) is 37.4 Å². The molecule has 2 N–H and O–H groups in total. The Labute approximate surface area is 361 Å². The number of ether oxygens (including phenoxy) is 1. The van der Waals surface area contributed by atoms with E-state index in [1.54, 1.807) is 40.9 Å². The molecule has 8 rings (SSSR count). The van der Waals surface area contributed by atoms with Crippen LogP contribution in [0.5, 0.6) is 5.75 Å². The van der Waals surface area contributed by atoms with Gasteiger partial charge in [-0.25, -0.2) is 15.0 Å². The number of carbonyl (C=O) groups is 1. The molecule has 0 radical (unpaired) electrons. The van der Waals surface area contributed by atoms with Crippen molar-refractivity contribution in [1.29, 1.82) is 0 Å². The molecule has 1 aliphatic rings. The van der Waals surface area contributed by atoms with Gasteiger partial charge in [-0.2, -0.15) is 0 Å². The van der Waals surface area contributed by atoms with Gasteiger partial charge >= 0.3 is 16.6 Å². The first-order valence-electron chi connectivity index (χ1n) is 19.6. The van der Waals surface area contributed by atoms with Crippen molar-refractivity contribution in [2.24, 2.45) is 0 Å². The number of imidazole rings is 1. The molecule has 0 unspecified atom stereocenters. The van der Waals surface area contributed by atoms with Crippen LogP contribution >= 0.6 is 21.8 Å². The predicted molar refractivity (Wildman–Crippen MR) is 226 cm³/mol. The lowest BCUT2D eigenvalue weighted by molar-refractivity contribution is -0.274. The van der Waals surface area contributed by atoms with Crippen molar-refractivity contribution >= 4 is 56.0 Å². The van der Waals surface area contributed by atoms with E-state index in [1.165, 1.54) is 24.7 Å². The van der Waals surface area contributed by atoms with Crippen molar-refractivity contribution in [3.63, 3.8) is 0 Å². The topological polar surface area (TPSA) is 110 Å². The minimum Gasteiger partial charge on any atom is -0.459 e. The van der Waals surface area contributed by atoms with Gasteiger partial charge in [-0.15, -0.1) is 13.2 Å². The third-order valence-corrected chi connectivity index (χ3v) is 11.7. The first kappa shape index (κ1) is 45.0. The zero-order valence-electron chi connectivity index (χ0n) is 33.4. The van der Waals surface area contributed by atoms with Gasteiger partial charge in [0.05, 0.1) is 17.0 Å². The first-order chi connectivity index (χ1) is 29.7. The highest BCUT2D eigenvalue weighted by Gasteiger charge is 2.65. The number of carbonyl (C=O) groups excluding carboxylic acids is 1. The largest absolute Gasteiger partial charge is 0.573 e. The number of nitrogens with zero attached hydrogens (tertiary/aromatic N) is 5. The average molecular weight is 922 g/mol. The van der Waals surface area contributed by atoms with E-state index in [-0.39, 0.29) is 17.6 Å². The molecule has 0 bridgehead atoms. The highest BCUT2D eigenvalue weighted by Crippen LogP contribution is 3.02. The molecular weight excluding hydrogens is 882 g/mol. The molecule has 10 nitrogen and oxygen atoms in total. The summed E-state index contributed by atoms with van der Waals surface area (Å²) in [5.74, 6) is 0.339. The highest BCUT2D eigenvalue weighted by atomic mass is 35.5. The molecule has 63 heavy (non-hydrogen) atoms. The summed E-state index contributed by atoms with van der Waals surface area (Å²) in [6, 6.07) is 22.4. The van der Waals surface area contributed by atoms with E-state index in [2.05, 4.69) is 47.4 Å². The van der Waals surface area contributed by atoms with Crippen LogP contribution in [0, 0.1) is 0 Å². The smallest absolute Gasteiger partial charge is 0.459 e. The summed E-state index contributed by atoms with van der Waals surface area (Å²) in [6.07, 6.45) is 2.59. The maximum absolute atomic E-state index is 13.0. The summed E-state index contributed by atoms with van der Waals surface area (Å²) in [4.78, 5) is 26.0. The Bertz CT molecular complexity index is 2690. The van der Waals surface area contributed by atoms with E-state index < -0.39 is 21.5 Å². The molecular formula is C43H40ClF8N7O3S. The van der Waals surface area contributed by atoms with Gasteiger partial charge in [-0.05, 0) is 96.8 Å². The normalized spacial score (nSPS) is 14.7. The van der Waals surface area contributed by atoms with Gasteiger partial charge in [0.1, 0.15) is 33.8 Å². The Morgan fingerprint density at radius 1 is 0.889 bits per heavy atom. The lowest BCUT2D eigenvalue weighted by atomic mass is 9.89. The number of aromatic nitrogens is 4. The minimum absolute atomic E-state index is 0.200. The number of furan rings is 1. The summed E-state index contributed by atoms with van der Waals surface area (Å²) in [5, 5.41) is 6.51. The maximum atomic E-state index is 13.0. The predicted octanol–water partition coefficient (Wildman–Crippen LogP) is 12.3. The van der Waals surface area contributed by atoms with Gasteiger partial charge in [0.15, 0.2) is 11.4 Å². The lowest BCUT2D eigenvalue weighted by Gasteiger charge is -2.40. The third-order valence-electron chi connectivity index (χ3n) is 10.4. The summed E-state index contributed by atoms with van der Waals surface area (Å²) >= 11 is 6.14. The fourth-order valence-electron chi connectivity index (χ4n) is 7.21. The molecule has 1 aliphatic heterocycles. The van der Waals surface area contributed by atoms with E-state index in [4.69, 9.17) is 16.0 Å². The van der Waals surface area contributed by atoms with Crippen LogP contribution in [0.15, 0.2) is 119 Å². The Hall–Kier alpha value is -6.08. The number of hydrogen-bond donors (Lipinski definition) is 2. The van der Waals surface area contributed by atoms with Crippen molar-refractivity contribution in [2.75, 3.05) is 29.9 Å². The monoisotopic (exact) mass is 921 g/mol. The fourth-order valence-corrected chi connectivity index (χ4v) is 8.02. The first-order valence-corrected chi connectivity index (χ1v) is 22.0. The number of benzene rings is 3. The van der Waals surface area contributed by atoms with Crippen LogP contribution in [0.2, 0.25) is 5.02 Å². The molecule has 3 aromatic carbocycles. The second kappa shape index (κ2) is 17.2. The van der Waals surface area contributed by atoms with Crippen LogP contribution in [0.4, 0.5) is 44.1 Å². The van der Waals surface area contributed by atoms with Crippen molar-refractivity contribution in [3.05, 3.63) is 143 Å². The van der Waals surface area contributed by atoms with Crippen LogP contribution in [-0.4, -0.2) is 51.3 Å². The van der Waals surface area contributed by atoms with Crippen molar-refractivity contribution < 1.29 is 46.5 Å². The van der Waals surface area contributed by atoms with Crippen LogP contribution in [0.25, 0.3) is 16.7 Å².